The Balaban J connectivity index is 3.05. The second-order valence-electron chi connectivity index (χ2n) is 4.24. The molecule has 1 aromatic rings. The van der Waals surface area contributed by atoms with E-state index in [0.29, 0.717) is 4.73 Å². The summed E-state index contributed by atoms with van der Waals surface area (Å²) in [7, 11) is 0. The summed E-state index contributed by atoms with van der Waals surface area (Å²) in [5, 5.41) is 11.4. The van der Waals surface area contributed by atoms with Gasteiger partial charge in [-0.15, -0.1) is 6.07 Å². The van der Waals surface area contributed by atoms with Gasteiger partial charge in [-0.25, -0.2) is 10.8 Å². The summed E-state index contributed by atoms with van der Waals surface area (Å²) in [4.78, 5) is 13.8. The van der Waals surface area contributed by atoms with E-state index < -0.39 is 0 Å². The maximum atomic E-state index is 12.1. The molecule has 0 aliphatic carbocycles. The van der Waals surface area contributed by atoms with Crippen molar-refractivity contribution in [3.8, 4) is 0 Å². The predicted octanol–water partition coefficient (Wildman–Crippen LogP) is 1.38. The zero-order chi connectivity index (χ0) is 12.3. The van der Waals surface area contributed by atoms with E-state index in [1.54, 1.807) is 11.0 Å². The van der Waals surface area contributed by atoms with Gasteiger partial charge < -0.3 is 10.1 Å². The average Bonchev–Trinajstić information content (AvgIpc) is 2.16. The first-order valence-electron chi connectivity index (χ1n) is 5.37. The third kappa shape index (κ3) is 2.51. The Morgan fingerprint density at radius 3 is 2.38 bits per heavy atom. The van der Waals surface area contributed by atoms with E-state index in [1.807, 2.05) is 27.7 Å². The van der Waals surface area contributed by atoms with Gasteiger partial charge >= 0.3 is 5.91 Å². The van der Waals surface area contributed by atoms with Crippen LogP contribution in [0.25, 0.3) is 0 Å². The molecule has 0 N–H and O–H groups in total. The van der Waals surface area contributed by atoms with E-state index in [1.165, 1.54) is 12.3 Å². The molecule has 0 saturated heterocycles. The highest BCUT2D eigenvalue weighted by molar-refractivity contribution is 5.91. The molecule has 0 bridgehead atoms. The zero-order valence-corrected chi connectivity index (χ0v) is 10.1. The Hall–Kier alpha value is -1.58. The molecule has 0 atom stereocenters. The first kappa shape index (κ1) is 12.5. The number of carbonyl (C=O) groups excluding carboxylic acids is 1. The topological polar surface area (TPSA) is 47.2 Å². The molecule has 88 valence electrons. The largest absolute Gasteiger partial charge is 0.620 e. The maximum absolute atomic E-state index is 12.1. The van der Waals surface area contributed by atoms with Crippen molar-refractivity contribution in [3.05, 3.63) is 35.3 Å². The minimum atomic E-state index is -0.242. The predicted molar refractivity (Wildman–Crippen MR) is 60.7 cm³/mol. The second-order valence-corrected chi connectivity index (χ2v) is 4.24. The quantitative estimate of drug-likeness (QED) is 0.440. The zero-order valence-electron chi connectivity index (χ0n) is 10.1. The number of hydrogen-bond acceptors (Lipinski definition) is 2. The highest BCUT2D eigenvalue weighted by Crippen LogP contribution is 2.09. The van der Waals surface area contributed by atoms with Crippen LogP contribution < -0.4 is 4.73 Å². The van der Waals surface area contributed by atoms with Crippen LogP contribution in [0.15, 0.2) is 18.3 Å². The lowest BCUT2D eigenvalue weighted by atomic mass is 10.2. The summed E-state index contributed by atoms with van der Waals surface area (Å²) in [5.74, 6) is -0.242. The number of amides is 1. The first-order valence-corrected chi connectivity index (χ1v) is 5.37. The van der Waals surface area contributed by atoms with Gasteiger partial charge in [-0.05, 0) is 27.7 Å². The molecule has 4 heteroatoms. The van der Waals surface area contributed by atoms with Crippen LogP contribution in [-0.2, 0) is 0 Å². The molecule has 1 heterocycles. The van der Waals surface area contributed by atoms with E-state index in [9.17, 15) is 10.0 Å². The molecule has 0 aliphatic rings. The fourth-order valence-corrected chi connectivity index (χ4v) is 1.74. The summed E-state index contributed by atoms with van der Waals surface area (Å²) in [6.07, 6.45) is 1.21. The molecule has 4 nitrogen and oxygen atoms in total. The van der Waals surface area contributed by atoms with Crippen LogP contribution >= 0.6 is 0 Å². The van der Waals surface area contributed by atoms with Crippen LogP contribution in [0, 0.1) is 11.3 Å². The fraction of sp³-hybridized carbons (Fsp3) is 0.500. The van der Waals surface area contributed by atoms with E-state index >= 15 is 0 Å². The summed E-state index contributed by atoms with van der Waals surface area (Å²) in [5.41, 5.74) is 0.140. The monoisotopic (exact) mass is 221 g/mol. The normalized spacial score (nSPS) is 10.9. The lowest BCUT2D eigenvalue weighted by Gasteiger charge is -2.30. The van der Waals surface area contributed by atoms with Crippen molar-refractivity contribution in [1.29, 1.82) is 0 Å². The van der Waals surface area contributed by atoms with E-state index in [2.05, 4.69) is 6.07 Å². The number of rotatable bonds is 3. The fourth-order valence-electron chi connectivity index (χ4n) is 1.74. The van der Waals surface area contributed by atoms with Gasteiger partial charge in [0.25, 0.3) is 0 Å². The Morgan fingerprint density at radius 1 is 1.38 bits per heavy atom. The number of aromatic nitrogens is 1. The standard InChI is InChI=1S/C12H17N2O2/c1-9(2)14(10(3)4)12(15)11-7-5-6-8-13(11)16/h5,7-10H,1-4H3/q-1. The van der Waals surface area contributed by atoms with Gasteiger partial charge in [-0.3, -0.25) is 4.79 Å². The molecular weight excluding hydrogens is 204 g/mol. The van der Waals surface area contributed by atoms with Crippen LogP contribution in [0.3, 0.4) is 0 Å². The van der Waals surface area contributed by atoms with Crippen molar-refractivity contribution < 1.29 is 9.52 Å². The molecule has 0 aliphatic heterocycles. The molecule has 1 rings (SSSR count). The SMILES string of the molecule is CC(C)N(C(=O)c1cc[c-]c[n+]1[O-])C(C)C. The van der Waals surface area contributed by atoms with Gasteiger partial charge in [0.1, 0.15) is 0 Å². The molecule has 0 radical (unpaired) electrons. The molecule has 0 fully saturated rings. The highest BCUT2D eigenvalue weighted by atomic mass is 16.5. The number of carbonyl (C=O) groups is 1. The van der Waals surface area contributed by atoms with Gasteiger partial charge in [0.05, 0.1) is 6.20 Å². The summed E-state index contributed by atoms with van der Waals surface area (Å²) >= 11 is 0. The summed E-state index contributed by atoms with van der Waals surface area (Å²) in [6.45, 7) is 7.73. The lowest BCUT2D eigenvalue weighted by Crippen LogP contribution is -2.47. The number of pyridine rings is 1. The van der Waals surface area contributed by atoms with Crippen LogP contribution in [0.1, 0.15) is 38.2 Å². The van der Waals surface area contributed by atoms with Crippen LogP contribution in [-0.4, -0.2) is 22.9 Å². The molecule has 0 aromatic carbocycles. The number of nitrogens with zero attached hydrogens (tertiary/aromatic N) is 2. The van der Waals surface area contributed by atoms with Crippen molar-refractivity contribution in [2.75, 3.05) is 0 Å². The molecule has 16 heavy (non-hydrogen) atoms. The minimum absolute atomic E-state index is 0.0664. The van der Waals surface area contributed by atoms with Gasteiger partial charge in [0, 0.05) is 12.1 Å². The first-order chi connectivity index (χ1) is 7.45. The minimum Gasteiger partial charge on any atom is -0.620 e. The third-order valence-corrected chi connectivity index (χ3v) is 2.33. The van der Waals surface area contributed by atoms with Gasteiger partial charge in [0.15, 0.2) is 0 Å². The van der Waals surface area contributed by atoms with Gasteiger partial charge in [0.2, 0.25) is 5.69 Å². The van der Waals surface area contributed by atoms with Crippen molar-refractivity contribution in [2.45, 2.75) is 39.8 Å². The van der Waals surface area contributed by atoms with Crippen molar-refractivity contribution in [1.82, 2.24) is 4.90 Å². The maximum Gasteiger partial charge on any atom is 0.300 e. The van der Waals surface area contributed by atoms with Crippen LogP contribution in [0.2, 0.25) is 0 Å². The third-order valence-electron chi connectivity index (χ3n) is 2.33. The molecule has 1 aromatic heterocycles. The van der Waals surface area contributed by atoms with Crippen molar-refractivity contribution in [2.24, 2.45) is 0 Å². The van der Waals surface area contributed by atoms with E-state index in [-0.39, 0.29) is 23.7 Å². The molecule has 0 unspecified atom stereocenters. The second kappa shape index (κ2) is 4.96. The van der Waals surface area contributed by atoms with Crippen LogP contribution in [0.5, 0.6) is 0 Å². The molecule has 0 saturated carbocycles. The average molecular weight is 221 g/mol. The Morgan fingerprint density at radius 2 is 1.94 bits per heavy atom. The Bertz CT molecular complexity index is 367. The van der Waals surface area contributed by atoms with Crippen molar-refractivity contribution in [3.63, 3.8) is 0 Å². The highest BCUT2D eigenvalue weighted by Gasteiger charge is 2.24. The summed E-state index contributed by atoms with van der Waals surface area (Å²) < 4.78 is 0.556. The van der Waals surface area contributed by atoms with Crippen LogP contribution in [0.4, 0.5) is 0 Å². The van der Waals surface area contributed by atoms with Gasteiger partial charge in [-0.1, -0.05) is 0 Å². The molecule has 0 spiro atoms. The van der Waals surface area contributed by atoms with Crippen molar-refractivity contribution >= 4 is 5.91 Å². The van der Waals surface area contributed by atoms with Gasteiger partial charge in [-0.2, -0.15) is 6.07 Å². The molecular formula is C12H17N2O2-. The summed E-state index contributed by atoms with van der Waals surface area (Å²) in [6, 6.07) is 5.83. The molecule has 1 amide bonds. The number of hydrogen-bond donors (Lipinski definition) is 0. The smallest absolute Gasteiger partial charge is 0.300 e. The lowest BCUT2D eigenvalue weighted by molar-refractivity contribution is -0.608. The Kier molecular flexibility index (Phi) is 3.88. The Labute approximate surface area is 96.1 Å². The van der Waals surface area contributed by atoms with E-state index in [4.69, 9.17) is 0 Å². The van der Waals surface area contributed by atoms with E-state index in [0.717, 1.165) is 0 Å².